The summed E-state index contributed by atoms with van der Waals surface area (Å²) in [6, 6.07) is 0. The SMILES string of the molecule is CNNC12CC3CC(CC(C3)C1)C2. The molecule has 0 heterocycles. The van der Waals surface area contributed by atoms with Gasteiger partial charge in [-0.3, -0.25) is 10.9 Å². The van der Waals surface area contributed by atoms with Gasteiger partial charge in [0.1, 0.15) is 0 Å². The Morgan fingerprint density at radius 1 is 0.923 bits per heavy atom. The van der Waals surface area contributed by atoms with Crippen LogP contribution in [0, 0.1) is 17.8 Å². The van der Waals surface area contributed by atoms with Crippen LogP contribution in [0.4, 0.5) is 0 Å². The van der Waals surface area contributed by atoms with Gasteiger partial charge in [0.05, 0.1) is 0 Å². The summed E-state index contributed by atoms with van der Waals surface area (Å²) < 4.78 is 0. The molecule has 0 radical (unpaired) electrons. The predicted octanol–water partition coefficient (Wildman–Crippen LogP) is 1.68. The van der Waals surface area contributed by atoms with Gasteiger partial charge in [-0.15, -0.1) is 0 Å². The quantitative estimate of drug-likeness (QED) is 0.632. The van der Waals surface area contributed by atoms with Crippen LogP contribution in [0.5, 0.6) is 0 Å². The van der Waals surface area contributed by atoms with Crippen molar-refractivity contribution in [2.24, 2.45) is 17.8 Å². The highest BCUT2D eigenvalue weighted by Crippen LogP contribution is 2.55. The van der Waals surface area contributed by atoms with E-state index in [0.29, 0.717) is 5.54 Å². The van der Waals surface area contributed by atoms with Gasteiger partial charge in [-0.25, -0.2) is 0 Å². The minimum atomic E-state index is 0.490. The number of hydrazine groups is 1. The number of nitrogens with one attached hydrogen (secondary N) is 2. The molecule has 0 atom stereocenters. The van der Waals surface area contributed by atoms with Crippen LogP contribution in [0.3, 0.4) is 0 Å². The lowest BCUT2D eigenvalue weighted by atomic mass is 9.53. The van der Waals surface area contributed by atoms with Crippen molar-refractivity contribution in [1.82, 2.24) is 10.9 Å². The normalized spacial score (nSPS) is 52.8. The standard InChI is InChI=1S/C11H20N2/c1-12-13-11-5-8-2-9(6-11)4-10(3-8)7-11/h8-10,12-13H,2-7H2,1H3. The topological polar surface area (TPSA) is 24.1 Å². The molecule has 74 valence electrons. The summed E-state index contributed by atoms with van der Waals surface area (Å²) in [5.74, 6) is 3.14. The van der Waals surface area contributed by atoms with Gasteiger partial charge in [0.25, 0.3) is 0 Å². The predicted molar refractivity (Wildman–Crippen MR) is 53.1 cm³/mol. The first-order valence-corrected chi connectivity index (χ1v) is 5.73. The Hall–Kier alpha value is -0.0800. The first kappa shape index (κ1) is 8.25. The Kier molecular flexibility index (Phi) is 1.72. The maximum Gasteiger partial charge on any atom is 0.0331 e. The molecule has 0 aromatic heterocycles. The summed E-state index contributed by atoms with van der Waals surface area (Å²) in [5.41, 5.74) is 7.20. The Morgan fingerprint density at radius 3 is 1.77 bits per heavy atom. The molecule has 0 saturated heterocycles. The molecule has 0 aromatic rings. The van der Waals surface area contributed by atoms with Gasteiger partial charge in [-0.05, 0) is 63.3 Å². The maximum atomic E-state index is 3.54. The minimum absolute atomic E-state index is 0.490. The van der Waals surface area contributed by atoms with Gasteiger partial charge in [0.15, 0.2) is 0 Å². The highest BCUT2D eigenvalue weighted by atomic mass is 15.4. The van der Waals surface area contributed by atoms with E-state index in [-0.39, 0.29) is 0 Å². The molecule has 4 bridgehead atoms. The first-order chi connectivity index (χ1) is 6.30. The molecule has 0 amide bonds. The van der Waals surface area contributed by atoms with Crippen LogP contribution in [0.15, 0.2) is 0 Å². The van der Waals surface area contributed by atoms with Crippen LogP contribution in [0.2, 0.25) is 0 Å². The Bertz CT molecular complexity index is 177. The molecule has 4 rings (SSSR count). The van der Waals surface area contributed by atoms with E-state index in [1.54, 1.807) is 0 Å². The van der Waals surface area contributed by atoms with Crippen molar-refractivity contribution >= 4 is 0 Å². The van der Waals surface area contributed by atoms with E-state index in [0.717, 1.165) is 17.8 Å². The van der Waals surface area contributed by atoms with Gasteiger partial charge < -0.3 is 0 Å². The first-order valence-electron chi connectivity index (χ1n) is 5.73. The highest BCUT2D eigenvalue weighted by molar-refractivity contribution is 5.05. The minimum Gasteiger partial charge on any atom is -0.260 e. The Labute approximate surface area is 80.4 Å². The molecule has 4 fully saturated rings. The van der Waals surface area contributed by atoms with E-state index in [4.69, 9.17) is 0 Å². The van der Waals surface area contributed by atoms with E-state index in [2.05, 4.69) is 10.9 Å². The zero-order chi connectivity index (χ0) is 8.89. The van der Waals surface area contributed by atoms with Crippen molar-refractivity contribution in [1.29, 1.82) is 0 Å². The largest absolute Gasteiger partial charge is 0.260 e. The van der Waals surface area contributed by atoms with Crippen LogP contribution >= 0.6 is 0 Å². The summed E-state index contributed by atoms with van der Waals surface area (Å²) >= 11 is 0. The molecule has 0 aromatic carbocycles. The van der Waals surface area contributed by atoms with E-state index >= 15 is 0 Å². The zero-order valence-electron chi connectivity index (χ0n) is 8.47. The number of hydrogen-bond donors (Lipinski definition) is 2. The molecule has 2 nitrogen and oxygen atoms in total. The van der Waals surface area contributed by atoms with Crippen LogP contribution < -0.4 is 10.9 Å². The van der Waals surface area contributed by atoms with Crippen molar-refractivity contribution in [3.05, 3.63) is 0 Å². The average molecular weight is 180 g/mol. The second-order valence-corrected chi connectivity index (χ2v) is 5.57. The van der Waals surface area contributed by atoms with Crippen LogP contribution in [-0.2, 0) is 0 Å². The number of rotatable bonds is 2. The lowest BCUT2D eigenvalue weighted by molar-refractivity contribution is -0.0254. The Morgan fingerprint density at radius 2 is 1.38 bits per heavy atom. The fourth-order valence-electron chi connectivity index (χ4n) is 4.53. The zero-order valence-corrected chi connectivity index (χ0v) is 8.47. The van der Waals surface area contributed by atoms with Gasteiger partial charge >= 0.3 is 0 Å². The second-order valence-electron chi connectivity index (χ2n) is 5.57. The fourth-order valence-corrected chi connectivity index (χ4v) is 4.53. The van der Waals surface area contributed by atoms with Crippen LogP contribution in [-0.4, -0.2) is 12.6 Å². The molecule has 0 spiro atoms. The van der Waals surface area contributed by atoms with Crippen molar-refractivity contribution in [2.75, 3.05) is 7.05 Å². The van der Waals surface area contributed by atoms with Gasteiger partial charge in [-0.1, -0.05) is 0 Å². The molecule has 2 heteroatoms. The van der Waals surface area contributed by atoms with E-state index < -0.39 is 0 Å². The average Bonchev–Trinajstić information content (AvgIpc) is 2.00. The summed E-state index contributed by atoms with van der Waals surface area (Å²) in [7, 11) is 2.01. The smallest absolute Gasteiger partial charge is 0.0331 e. The van der Waals surface area contributed by atoms with Crippen molar-refractivity contribution < 1.29 is 0 Å². The third-order valence-electron chi connectivity index (χ3n) is 4.43. The Balaban J connectivity index is 1.83. The third kappa shape index (κ3) is 1.23. The van der Waals surface area contributed by atoms with Gasteiger partial charge in [0.2, 0.25) is 0 Å². The molecular weight excluding hydrogens is 160 g/mol. The second kappa shape index (κ2) is 2.71. The van der Waals surface area contributed by atoms with E-state index in [9.17, 15) is 0 Å². The highest BCUT2D eigenvalue weighted by Gasteiger charge is 2.50. The molecule has 0 aliphatic heterocycles. The lowest BCUT2D eigenvalue weighted by Gasteiger charge is -2.56. The molecule has 4 aliphatic rings. The fraction of sp³-hybridized carbons (Fsp3) is 1.00. The van der Waals surface area contributed by atoms with Crippen LogP contribution in [0.1, 0.15) is 38.5 Å². The molecule has 0 unspecified atom stereocenters. The van der Waals surface area contributed by atoms with Crippen LogP contribution in [0.25, 0.3) is 0 Å². The van der Waals surface area contributed by atoms with Crippen molar-refractivity contribution in [3.63, 3.8) is 0 Å². The lowest BCUT2D eigenvalue weighted by Crippen LogP contribution is -2.61. The van der Waals surface area contributed by atoms with Gasteiger partial charge in [-0.2, -0.15) is 0 Å². The maximum absolute atomic E-state index is 3.54. The monoisotopic (exact) mass is 180 g/mol. The van der Waals surface area contributed by atoms with E-state index in [1.165, 1.54) is 38.5 Å². The number of hydrogen-bond acceptors (Lipinski definition) is 2. The molecule has 2 N–H and O–H groups in total. The molecule has 4 aliphatic carbocycles. The third-order valence-corrected chi connectivity index (χ3v) is 4.43. The summed E-state index contributed by atoms with van der Waals surface area (Å²) in [6.45, 7) is 0. The molecule has 4 saturated carbocycles. The molecule has 13 heavy (non-hydrogen) atoms. The summed E-state index contributed by atoms with van der Waals surface area (Å²) in [4.78, 5) is 0. The molecular formula is C11H20N2. The van der Waals surface area contributed by atoms with E-state index in [1.807, 2.05) is 7.05 Å². The van der Waals surface area contributed by atoms with Crippen molar-refractivity contribution in [2.45, 2.75) is 44.1 Å². The summed E-state index contributed by atoms with van der Waals surface area (Å²) in [5, 5.41) is 0. The van der Waals surface area contributed by atoms with Gasteiger partial charge in [0, 0.05) is 5.54 Å². The summed E-state index contributed by atoms with van der Waals surface area (Å²) in [6.07, 6.45) is 8.89. The van der Waals surface area contributed by atoms with Crippen molar-refractivity contribution in [3.8, 4) is 0 Å².